The van der Waals surface area contributed by atoms with Crippen LogP contribution in [0.1, 0.15) is 15.9 Å². The van der Waals surface area contributed by atoms with Gasteiger partial charge in [-0.05, 0) is 24.3 Å². The van der Waals surface area contributed by atoms with Gasteiger partial charge in [0.1, 0.15) is 12.4 Å². The van der Waals surface area contributed by atoms with Gasteiger partial charge in [0.2, 0.25) is 0 Å². The molecule has 2 aromatic rings. The van der Waals surface area contributed by atoms with Crippen molar-refractivity contribution < 1.29 is 24.2 Å². The van der Waals surface area contributed by atoms with E-state index < -0.39 is 18.7 Å². The quantitative estimate of drug-likeness (QED) is 0.652. The van der Waals surface area contributed by atoms with Crippen molar-refractivity contribution in [3.63, 3.8) is 0 Å². The molecule has 0 aliphatic rings. The molecule has 2 rings (SSSR count). The largest absolute Gasteiger partial charge is 0.508 e. The zero-order valence-corrected chi connectivity index (χ0v) is 11.3. The molecule has 0 atom stereocenters. The van der Waals surface area contributed by atoms with Gasteiger partial charge < -0.3 is 20.8 Å². The first kappa shape index (κ1) is 15.3. The van der Waals surface area contributed by atoms with Crippen LogP contribution in [-0.4, -0.2) is 22.2 Å². The van der Waals surface area contributed by atoms with E-state index in [9.17, 15) is 19.1 Å². The Balaban J connectivity index is 2.17. The number of nitrogens with one attached hydrogen (secondary N) is 2. The number of aromatic carboxylic acids is 1. The van der Waals surface area contributed by atoms with Gasteiger partial charge in [-0.15, -0.1) is 0 Å². The third-order valence-electron chi connectivity index (χ3n) is 2.89. The van der Waals surface area contributed by atoms with Gasteiger partial charge in [0.15, 0.2) is 0 Å². The number of aromatic hydroxyl groups is 1. The number of carbonyl (C=O) groups excluding carboxylic acids is 1. The molecule has 0 saturated carbocycles. The van der Waals surface area contributed by atoms with Crippen LogP contribution in [0.25, 0.3) is 0 Å². The number of amides is 2. The summed E-state index contributed by atoms with van der Waals surface area (Å²) in [6.45, 7) is -0.740. The number of carboxylic acids is 1. The average molecular weight is 304 g/mol. The van der Waals surface area contributed by atoms with Crippen LogP contribution in [0.4, 0.5) is 20.6 Å². The normalized spacial score (nSPS) is 10.0. The van der Waals surface area contributed by atoms with Crippen LogP contribution >= 0.6 is 0 Å². The number of para-hydroxylation sites is 1. The number of urea groups is 1. The molecule has 2 amide bonds. The first-order chi connectivity index (χ1) is 10.5. The summed E-state index contributed by atoms with van der Waals surface area (Å²) in [6, 6.07) is 9.15. The maximum absolute atomic E-state index is 12.8. The van der Waals surface area contributed by atoms with Gasteiger partial charge in [0.25, 0.3) is 0 Å². The van der Waals surface area contributed by atoms with E-state index in [1.807, 2.05) is 0 Å². The third-order valence-corrected chi connectivity index (χ3v) is 2.89. The smallest absolute Gasteiger partial charge is 0.337 e. The Hall–Kier alpha value is -3.09. The number of hydrogen-bond acceptors (Lipinski definition) is 3. The van der Waals surface area contributed by atoms with Crippen molar-refractivity contribution in [3.05, 3.63) is 53.6 Å². The SMILES string of the molecule is O=C(Nc1ccccc1CF)Nc1ccc(O)cc1C(=O)O. The number of carboxylic acid groups (broad SMARTS) is 1. The summed E-state index contributed by atoms with van der Waals surface area (Å²) in [5, 5.41) is 23.1. The first-order valence-electron chi connectivity index (χ1n) is 6.29. The topological polar surface area (TPSA) is 98.7 Å². The highest BCUT2D eigenvalue weighted by molar-refractivity contribution is 6.05. The number of benzene rings is 2. The fourth-order valence-electron chi connectivity index (χ4n) is 1.85. The highest BCUT2D eigenvalue weighted by Crippen LogP contribution is 2.22. The number of anilines is 2. The zero-order valence-electron chi connectivity index (χ0n) is 11.3. The number of hydrogen-bond donors (Lipinski definition) is 4. The number of carbonyl (C=O) groups is 2. The summed E-state index contributed by atoms with van der Waals surface area (Å²) >= 11 is 0. The molecule has 4 N–H and O–H groups in total. The Morgan fingerprint density at radius 1 is 1.05 bits per heavy atom. The summed E-state index contributed by atoms with van der Waals surface area (Å²) in [5.41, 5.74) is 0.356. The predicted octanol–water partition coefficient (Wildman–Crippen LogP) is 3.20. The van der Waals surface area contributed by atoms with E-state index >= 15 is 0 Å². The van der Waals surface area contributed by atoms with E-state index in [-0.39, 0.29) is 22.7 Å². The van der Waals surface area contributed by atoms with Crippen molar-refractivity contribution >= 4 is 23.4 Å². The molecule has 0 heterocycles. The molecule has 0 aliphatic carbocycles. The van der Waals surface area contributed by atoms with Crippen molar-refractivity contribution in [2.45, 2.75) is 6.67 Å². The monoisotopic (exact) mass is 304 g/mol. The fraction of sp³-hybridized carbons (Fsp3) is 0.0667. The van der Waals surface area contributed by atoms with Crippen LogP contribution in [0.3, 0.4) is 0 Å². The second-order valence-corrected chi connectivity index (χ2v) is 4.40. The molecule has 0 saturated heterocycles. The lowest BCUT2D eigenvalue weighted by Crippen LogP contribution is -2.21. The van der Waals surface area contributed by atoms with Crippen molar-refractivity contribution in [2.24, 2.45) is 0 Å². The molecular formula is C15H13FN2O4. The molecular weight excluding hydrogens is 291 g/mol. The fourth-order valence-corrected chi connectivity index (χ4v) is 1.85. The lowest BCUT2D eigenvalue weighted by atomic mass is 10.1. The van der Waals surface area contributed by atoms with Crippen LogP contribution in [0.5, 0.6) is 5.75 Å². The number of halogens is 1. The van der Waals surface area contributed by atoms with Crippen molar-refractivity contribution in [3.8, 4) is 5.75 Å². The Kier molecular flexibility index (Phi) is 4.57. The minimum atomic E-state index is -1.30. The first-order valence-corrected chi connectivity index (χ1v) is 6.29. The number of rotatable bonds is 4. The molecule has 0 radical (unpaired) electrons. The number of alkyl halides is 1. The van der Waals surface area contributed by atoms with Gasteiger partial charge >= 0.3 is 12.0 Å². The van der Waals surface area contributed by atoms with E-state index in [1.54, 1.807) is 12.1 Å². The molecule has 6 nitrogen and oxygen atoms in total. The second kappa shape index (κ2) is 6.57. The molecule has 0 fully saturated rings. The van der Waals surface area contributed by atoms with E-state index in [1.165, 1.54) is 24.3 Å². The van der Waals surface area contributed by atoms with Gasteiger partial charge in [0, 0.05) is 11.3 Å². The van der Waals surface area contributed by atoms with Crippen LogP contribution in [-0.2, 0) is 6.67 Å². The highest BCUT2D eigenvalue weighted by Gasteiger charge is 2.14. The standard InChI is InChI=1S/C15H13FN2O4/c16-8-9-3-1-2-4-12(9)17-15(22)18-13-6-5-10(19)7-11(13)14(20)21/h1-7,19H,8H2,(H,20,21)(H2,17,18,22). The summed E-state index contributed by atoms with van der Waals surface area (Å²) in [6.07, 6.45) is 0. The number of phenols is 1. The van der Waals surface area contributed by atoms with Crippen LogP contribution in [0.2, 0.25) is 0 Å². The summed E-state index contributed by atoms with van der Waals surface area (Å²) in [7, 11) is 0. The van der Waals surface area contributed by atoms with Crippen molar-refractivity contribution in [2.75, 3.05) is 10.6 Å². The molecule has 0 unspecified atom stereocenters. The van der Waals surface area contributed by atoms with E-state index in [4.69, 9.17) is 5.11 Å². The van der Waals surface area contributed by atoms with E-state index in [2.05, 4.69) is 10.6 Å². The van der Waals surface area contributed by atoms with Gasteiger partial charge in [-0.2, -0.15) is 0 Å². The minimum Gasteiger partial charge on any atom is -0.508 e. The molecule has 0 spiro atoms. The molecule has 0 aromatic heterocycles. The Labute approximate surface area is 125 Å². The lowest BCUT2D eigenvalue weighted by Gasteiger charge is -2.12. The van der Waals surface area contributed by atoms with Crippen molar-refractivity contribution in [1.29, 1.82) is 0 Å². The third kappa shape index (κ3) is 3.51. The van der Waals surface area contributed by atoms with Gasteiger partial charge in [-0.1, -0.05) is 18.2 Å². The van der Waals surface area contributed by atoms with Crippen molar-refractivity contribution in [1.82, 2.24) is 0 Å². The summed E-state index contributed by atoms with van der Waals surface area (Å²) in [5.74, 6) is -1.53. The Morgan fingerprint density at radius 3 is 2.41 bits per heavy atom. The second-order valence-electron chi connectivity index (χ2n) is 4.40. The maximum atomic E-state index is 12.8. The van der Waals surface area contributed by atoms with Gasteiger partial charge in [0.05, 0.1) is 11.3 Å². The molecule has 7 heteroatoms. The van der Waals surface area contributed by atoms with Crippen LogP contribution in [0, 0.1) is 0 Å². The van der Waals surface area contributed by atoms with E-state index in [0.717, 1.165) is 6.07 Å². The van der Waals surface area contributed by atoms with Crippen LogP contribution < -0.4 is 10.6 Å². The molecule has 114 valence electrons. The van der Waals surface area contributed by atoms with Crippen LogP contribution in [0.15, 0.2) is 42.5 Å². The summed E-state index contributed by atoms with van der Waals surface area (Å²) in [4.78, 5) is 23.0. The molecule has 0 bridgehead atoms. The Bertz CT molecular complexity index is 718. The molecule has 22 heavy (non-hydrogen) atoms. The van der Waals surface area contributed by atoms with Gasteiger partial charge in [-0.3, -0.25) is 0 Å². The minimum absolute atomic E-state index is 0.0144. The highest BCUT2D eigenvalue weighted by atomic mass is 19.1. The summed E-state index contributed by atoms with van der Waals surface area (Å²) < 4.78 is 12.8. The predicted molar refractivity (Wildman–Crippen MR) is 79.0 cm³/mol. The molecule has 2 aromatic carbocycles. The lowest BCUT2D eigenvalue weighted by molar-refractivity contribution is 0.0697. The van der Waals surface area contributed by atoms with Gasteiger partial charge in [-0.25, -0.2) is 14.0 Å². The Morgan fingerprint density at radius 2 is 1.73 bits per heavy atom. The van der Waals surface area contributed by atoms with E-state index in [0.29, 0.717) is 5.56 Å². The number of phenolic OH excluding ortho intramolecular Hbond substituents is 1. The average Bonchev–Trinajstić information content (AvgIpc) is 2.49. The molecule has 0 aliphatic heterocycles. The maximum Gasteiger partial charge on any atom is 0.337 e. The zero-order chi connectivity index (χ0) is 16.1.